The monoisotopic (exact) mass is 228 g/mol. The fraction of sp³-hybridized carbons (Fsp3) is 0.818. The van der Waals surface area contributed by atoms with Crippen LogP contribution in [0.25, 0.3) is 0 Å². The standard InChI is InChI=1S/C11H20N2OS/c1-7(2)13(6-9-4-5-9)11(14)8(3)10(12)15/h7-9H,4-6H2,1-3H3,(H2,12,15). The zero-order valence-electron chi connectivity index (χ0n) is 9.69. The molecule has 1 aliphatic carbocycles. The summed E-state index contributed by atoms with van der Waals surface area (Å²) in [5.74, 6) is 0.445. The van der Waals surface area contributed by atoms with E-state index in [1.165, 1.54) is 12.8 Å². The van der Waals surface area contributed by atoms with Crippen molar-refractivity contribution in [3.05, 3.63) is 0 Å². The lowest BCUT2D eigenvalue weighted by Gasteiger charge is -2.29. The van der Waals surface area contributed by atoms with Crippen molar-refractivity contribution in [3.63, 3.8) is 0 Å². The number of rotatable bonds is 5. The van der Waals surface area contributed by atoms with Gasteiger partial charge in [-0.2, -0.15) is 0 Å². The first-order valence-corrected chi connectivity index (χ1v) is 5.94. The van der Waals surface area contributed by atoms with Crippen LogP contribution < -0.4 is 5.73 Å². The van der Waals surface area contributed by atoms with Crippen molar-refractivity contribution in [1.82, 2.24) is 4.90 Å². The predicted molar refractivity (Wildman–Crippen MR) is 65.5 cm³/mol. The lowest BCUT2D eigenvalue weighted by atomic mass is 10.1. The van der Waals surface area contributed by atoms with Gasteiger partial charge < -0.3 is 10.6 Å². The second kappa shape index (κ2) is 4.92. The van der Waals surface area contributed by atoms with Gasteiger partial charge in [0.1, 0.15) is 0 Å². The predicted octanol–water partition coefficient (Wildman–Crippen LogP) is 1.56. The Morgan fingerprint density at radius 3 is 2.33 bits per heavy atom. The maximum atomic E-state index is 12.0. The Bertz CT molecular complexity index is 261. The van der Waals surface area contributed by atoms with Crippen LogP contribution in [0.15, 0.2) is 0 Å². The lowest BCUT2D eigenvalue weighted by Crippen LogP contribution is -2.44. The second-order valence-electron chi connectivity index (χ2n) is 4.65. The van der Waals surface area contributed by atoms with Crippen LogP contribution in [0.4, 0.5) is 0 Å². The van der Waals surface area contributed by atoms with Crippen LogP contribution >= 0.6 is 12.2 Å². The molecule has 0 spiro atoms. The van der Waals surface area contributed by atoms with Crippen molar-refractivity contribution in [3.8, 4) is 0 Å². The molecule has 1 atom stereocenters. The normalized spacial score (nSPS) is 17.6. The summed E-state index contributed by atoms with van der Waals surface area (Å²) < 4.78 is 0. The van der Waals surface area contributed by atoms with Gasteiger partial charge in [0.25, 0.3) is 0 Å². The topological polar surface area (TPSA) is 46.3 Å². The summed E-state index contributed by atoms with van der Waals surface area (Å²) in [5, 5.41) is 0. The minimum absolute atomic E-state index is 0.0735. The summed E-state index contributed by atoms with van der Waals surface area (Å²) in [5.41, 5.74) is 5.51. The Morgan fingerprint density at radius 1 is 1.47 bits per heavy atom. The SMILES string of the molecule is CC(C(=O)N(CC1CC1)C(C)C)C(N)=S. The maximum Gasteiger partial charge on any atom is 0.232 e. The molecule has 0 aliphatic heterocycles. The molecule has 3 nitrogen and oxygen atoms in total. The van der Waals surface area contributed by atoms with Crippen LogP contribution in [0, 0.1) is 11.8 Å². The second-order valence-corrected chi connectivity index (χ2v) is 5.12. The molecule has 2 N–H and O–H groups in total. The van der Waals surface area contributed by atoms with Crippen LogP contribution in [-0.2, 0) is 4.79 Å². The molecule has 1 unspecified atom stereocenters. The third-order valence-electron chi connectivity index (χ3n) is 2.86. The Kier molecular flexibility index (Phi) is 4.08. The summed E-state index contributed by atoms with van der Waals surface area (Å²) in [7, 11) is 0. The number of thiocarbonyl (C=S) groups is 1. The van der Waals surface area contributed by atoms with E-state index >= 15 is 0 Å². The minimum Gasteiger partial charge on any atom is -0.393 e. The highest BCUT2D eigenvalue weighted by Crippen LogP contribution is 2.30. The van der Waals surface area contributed by atoms with Crippen molar-refractivity contribution in [2.24, 2.45) is 17.6 Å². The van der Waals surface area contributed by atoms with Crippen molar-refractivity contribution < 1.29 is 4.79 Å². The number of carbonyl (C=O) groups is 1. The minimum atomic E-state index is -0.332. The Morgan fingerprint density at radius 2 is 2.00 bits per heavy atom. The van der Waals surface area contributed by atoms with E-state index in [-0.39, 0.29) is 17.9 Å². The van der Waals surface area contributed by atoms with Gasteiger partial charge in [-0.15, -0.1) is 0 Å². The van der Waals surface area contributed by atoms with E-state index in [9.17, 15) is 4.79 Å². The third-order valence-corrected chi connectivity index (χ3v) is 3.21. The van der Waals surface area contributed by atoms with E-state index in [0.717, 1.165) is 6.54 Å². The van der Waals surface area contributed by atoms with Crippen molar-refractivity contribution >= 4 is 23.1 Å². The van der Waals surface area contributed by atoms with Gasteiger partial charge in [0.2, 0.25) is 5.91 Å². The number of hydrogen-bond acceptors (Lipinski definition) is 2. The molecule has 0 saturated heterocycles. The third kappa shape index (κ3) is 3.45. The van der Waals surface area contributed by atoms with Gasteiger partial charge in [0.15, 0.2) is 0 Å². The molecule has 0 aromatic carbocycles. The smallest absolute Gasteiger partial charge is 0.232 e. The molecule has 0 aromatic rings. The molecule has 1 amide bonds. The summed E-state index contributed by atoms with van der Waals surface area (Å²) in [4.78, 5) is 14.2. The molecule has 86 valence electrons. The van der Waals surface area contributed by atoms with Crippen LogP contribution in [0.2, 0.25) is 0 Å². The highest BCUT2D eigenvalue weighted by Gasteiger charge is 2.30. The zero-order chi connectivity index (χ0) is 11.6. The largest absolute Gasteiger partial charge is 0.393 e. The molecule has 1 rings (SSSR count). The molecule has 15 heavy (non-hydrogen) atoms. The van der Waals surface area contributed by atoms with Gasteiger partial charge in [-0.1, -0.05) is 12.2 Å². The highest BCUT2D eigenvalue weighted by molar-refractivity contribution is 7.80. The average Bonchev–Trinajstić information content (AvgIpc) is 2.94. The van der Waals surface area contributed by atoms with Gasteiger partial charge in [-0.3, -0.25) is 4.79 Å². The Hall–Kier alpha value is -0.640. The van der Waals surface area contributed by atoms with Crippen molar-refractivity contribution in [2.45, 2.75) is 39.7 Å². The van der Waals surface area contributed by atoms with Crippen LogP contribution in [0.1, 0.15) is 33.6 Å². The number of hydrogen-bond donors (Lipinski definition) is 1. The fourth-order valence-electron chi connectivity index (χ4n) is 1.50. The van der Waals surface area contributed by atoms with Crippen molar-refractivity contribution in [1.29, 1.82) is 0 Å². The van der Waals surface area contributed by atoms with E-state index in [1.807, 2.05) is 18.7 Å². The van der Waals surface area contributed by atoms with Crippen LogP contribution in [-0.4, -0.2) is 28.4 Å². The van der Waals surface area contributed by atoms with Gasteiger partial charge in [-0.05, 0) is 39.5 Å². The Labute approximate surface area is 97.0 Å². The van der Waals surface area contributed by atoms with Gasteiger partial charge in [-0.25, -0.2) is 0 Å². The van der Waals surface area contributed by atoms with Gasteiger partial charge in [0.05, 0.1) is 10.9 Å². The number of amides is 1. The first kappa shape index (κ1) is 12.4. The first-order chi connectivity index (χ1) is 6.93. The summed E-state index contributed by atoms with van der Waals surface area (Å²) in [6.07, 6.45) is 2.50. The number of nitrogens with zero attached hydrogens (tertiary/aromatic N) is 1. The molecular formula is C11H20N2OS. The van der Waals surface area contributed by atoms with Crippen molar-refractivity contribution in [2.75, 3.05) is 6.54 Å². The van der Waals surface area contributed by atoms with E-state index in [2.05, 4.69) is 0 Å². The molecule has 0 aromatic heterocycles. The number of nitrogens with two attached hydrogens (primary N) is 1. The molecule has 0 heterocycles. The molecule has 0 bridgehead atoms. The van der Waals surface area contributed by atoms with E-state index < -0.39 is 0 Å². The fourth-order valence-corrected chi connectivity index (χ4v) is 1.61. The van der Waals surface area contributed by atoms with Gasteiger partial charge >= 0.3 is 0 Å². The summed E-state index contributed by atoms with van der Waals surface area (Å²) in [6, 6.07) is 0.231. The number of carbonyl (C=O) groups excluding carboxylic acids is 1. The van der Waals surface area contributed by atoms with E-state index in [0.29, 0.717) is 10.9 Å². The maximum absolute atomic E-state index is 12.0. The van der Waals surface area contributed by atoms with Crippen LogP contribution in [0.5, 0.6) is 0 Å². The van der Waals surface area contributed by atoms with Gasteiger partial charge in [0, 0.05) is 12.6 Å². The van der Waals surface area contributed by atoms with E-state index in [1.54, 1.807) is 6.92 Å². The molecule has 0 radical (unpaired) electrons. The van der Waals surface area contributed by atoms with E-state index in [4.69, 9.17) is 18.0 Å². The summed E-state index contributed by atoms with van der Waals surface area (Å²) in [6.45, 7) is 6.72. The van der Waals surface area contributed by atoms with Crippen LogP contribution in [0.3, 0.4) is 0 Å². The first-order valence-electron chi connectivity index (χ1n) is 5.53. The molecule has 1 aliphatic rings. The lowest BCUT2D eigenvalue weighted by molar-refractivity contribution is -0.134. The summed E-state index contributed by atoms with van der Waals surface area (Å²) >= 11 is 4.86. The molecule has 4 heteroatoms. The molecular weight excluding hydrogens is 208 g/mol. The highest BCUT2D eigenvalue weighted by atomic mass is 32.1. The molecule has 1 saturated carbocycles. The molecule has 1 fully saturated rings. The quantitative estimate of drug-likeness (QED) is 0.726. The Balaban J connectivity index is 2.60. The zero-order valence-corrected chi connectivity index (χ0v) is 10.5. The average molecular weight is 228 g/mol.